The molecule has 0 aliphatic heterocycles. The Balaban J connectivity index is 1.67. The van der Waals surface area contributed by atoms with E-state index in [1.807, 2.05) is 12.1 Å². The maximum Gasteiger partial charge on any atom is 0.319 e. The van der Waals surface area contributed by atoms with Gasteiger partial charge < -0.3 is 16.0 Å². The van der Waals surface area contributed by atoms with Crippen molar-refractivity contribution in [1.29, 1.82) is 0 Å². The number of amides is 3. The Hall–Kier alpha value is -2.22. The molecule has 2 unspecified atom stereocenters. The minimum absolute atomic E-state index is 0.0198. The summed E-state index contributed by atoms with van der Waals surface area (Å²) in [7, 11) is 1.62. The van der Waals surface area contributed by atoms with Crippen LogP contribution >= 0.6 is 11.7 Å². The van der Waals surface area contributed by atoms with Crippen molar-refractivity contribution in [2.24, 2.45) is 5.92 Å². The number of nitrogens with zero attached hydrogens (tertiary/aromatic N) is 2. The summed E-state index contributed by atoms with van der Waals surface area (Å²) in [5.74, 6) is -0.180. The van der Waals surface area contributed by atoms with E-state index in [2.05, 4.69) is 24.7 Å². The van der Waals surface area contributed by atoms with Crippen molar-refractivity contribution in [2.45, 2.75) is 25.3 Å². The molecule has 1 saturated carbocycles. The third-order valence-corrected chi connectivity index (χ3v) is 4.49. The first-order valence-electron chi connectivity index (χ1n) is 7.19. The number of aromatic nitrogens is 2. The van der Waals surface area contributed by atoms with E-state index in [1.165, 1.54) is 0 Å². The monoisotopic (exact) mass is 319 g/mol. The fraction of sp³-hybridized carbons (Fsp3) is 0.429. The summed E-state index contributed by atoms with van der Waals surface area (Å²) in [6, 6.07) is 5.01. The molecule has 116 valence electrons. The average molecular weight is 319 g/mol. The standard InChI is InChI=1S/C14H17N5O2S/c1-15-13(20)8-4-2-5-9(8)16-14(21)17-10-6-3-7-11-12(10)19-22-18-11/h3,6-9H,2,4-5H2,1H3,(H,15,20)(H2,16,17,21). The third-order valence-electron chi connectivity index (χ3n) is 3.95. The van der Waals surface area contributed by atoms with E-state index in [0.29, 0.717) is 11.2 Å². The number of fused-ring (bicyclic) bond motifs is 1. The molecular formula is C14H17N5O2S. The van der Waals surface area contributed by atoms with Gasteiger partial charge in [-0.15, -0.1) is 0 Å². The molecule has 2 aromatic rings. The first kappa shape index (κ1) is 14.7. The molecule has 1 aromatic carbocycles. The lowest BCUT2D eigenvalue weighted by Crippen LogP contribution is -2.44. The second-order valence-electron chi connectivity index (χ2n) is 5.29. The summed E-state index contributed by atoms with van der Waals surface area (Å²) < 4.78 is 8.33. The Morgan fingerprint density at radius 2 is 2.14 bits per heavy atom. The Kier molecular flexibility index (Phi) is 4.19. The van der Waals surface area contributed by atoms with Crippen LogP contribution in [0.15, 0.2) is 18.2 Å². The first-order valence-corrected chi connectivity index (χ1v) is 7.92. The van der Waals surface area contributed by atoms with Gasteiger partial charge in [-0.1, -0.05) is 12.5 Å². The van der Waals surface area contributed by atoms with Gasteiger partial charge in [-0.25, -0.2) is 4.79 Å². The number of anilines is 1. The number of nitrogens with one attached hydrogen (secondary N) is 3. The van der Waals surface area contributed by atoms with Gasteiger partial charge in [0.05, 0.1) is 23.3 Å². The molecule has 3 N–H and O–H groups in total. The fourth-order valence-electron chi connectivity index (χ4n) is 2.87. The van der Waals surface area contributed by atoms with E-state index in [1.54, 1.807) is 13.1 Å². The molecular weight excluding hydrogens is 302 g/mol. The Morgan fingerprint density at radius 1 is 1.27 bits per heavy atom. The maximum absolute atomic E-state index is 12.2. The summed E-state index contributed by atoms with van der Waals surface area (Å²) in [6.07, 6.45) is 2.55. The Morgan fingerprint density at radius 3 is 2.95 bits per heavy atom. The zero-order chi connectivity index (χ0) is 15.5. The van der Waals surface area contributed by atoms with E-state index in [4.69, 9.17) is 0 Å². The number of hydrogen-bond acceptors (Lipinski definition) is 5. The highest BCUT2D eigenvalue weighted by atomic mass is 32.1. The zero-order valence-electron chi connectivity index (χ0n) is 12.1. The largest absolute Gasteiger partial charge is 0.359 e. The second-order valence-corrected chi connectivity index (χ2v) is 5.82. The molecule has 1 aliphatic rings. The van der Waals surface area contributed by atoms with E-state index in [9.17, 15) is 9.59 Å². The second kappa shape index (κ2) is 6.27. The van der Waals surface area contributed by atoms with E-state index in [-0.39, 0.29) is 23.9 Å². The minimum atomic E-state index is -0.318. The predicted molar refractivity (Wildman–Crippen MR) is 84.8 cm³/mol. The summed E-state index contributed by atoms with van der Waals surface area (Å²) in [5.41, 5.74) is 2.06. The van der Waals surface area contributed by atoms with Crippen molar-refractivity contribution >= 4 is 40.4 Å². The number of carbonyl (C=O) groups excluding carboxylic acids is 2. The first-order chi connectivity index (χ1) is 10.7. The molecule has 1 heterocycles. The molecule has 2 atom stereocenters. The van der Waals surface area contributed by atoms with Crippen LogP contribution in [-0.4, -0.2) is 33.8 Å². The van der Waals surface area contributed by atoms with Crippen molar-refractivity contribution in [1.82, 2.24) is 19.4 Å². The van der Waals surface area contributed by atoms with Crippen LogP contribution in [-0.2, 0) is 4.79 Å². The molecule has 0 radical (unpaired) electrons. The number of hydrogen-bond donors (Lipinski definition) is 3. The molecule has 22 heavy (non-hydrogen) atoms. The van der Waals surface area contributed by atoms with Crippen LogP contribution in [0.4, 0.5) is 10.5 Å². The molecule has 1 fully saturated rings. The lowest BCUT2D eigenvalue weighted by atomic mass is 10.0. The molecule has 3 rings (SSSR count). The average Bonchev–Trinajstić information content (AvgIpc) is 3.15. The van der Waals surface area contributed by atoms with Crippen LogP contribution < -0.4 is 16.0 Å². The molecule has 0 spiro atoms. The van der Waals surface area contributed by atoms with Crippen molar-refractivity contribution < 1.29 is 9.59 Å². The third kappa shape index (κ3) is 2.87. The van der Waals surface area contributed by atoms with E-state index in [0.717, 1.165) is 36.5 Å². The van der Waals surface area contributed by atoms with Crippen LogP contribution in [0.1, 0.15) is 19.3 Å². The highest BCUT2D eigenvalue weighted by Crippen LogP contribution is 2.26. The molecule has 0 bridgehead atoms. The summed E-state index contributed by atoms with van der Waals surface area (Å²) in [6.45, 7) is 0. The maximum atomic E-state index is 12.2. The number of urea groups is 1. The highest BCUT2D eigenvalue weighted by Gasteiger charge is 2.33. The van der Waals surface area contributed by atoms with Gasteiger partial charge in [0.1, 0.15) is 11.0 Å². The highest BCUT2D eigenvalue weighted by molar-refractivity contribution is 7.00. The van der Waals surface area contributed by atoms with Gasteiger partial charge in [0, 0.05) is 13.1 Å². The Labute approximate surface area is 131 Å². The molecule has 1 aromatic heterocycles. The topological polar surface area (TPSA) is 96.0 Å². The summed E-state index contributed by atoms with van der Waals surface area (Å²) >= 11 is 1.11. The normalized spacial score (nSPS) is 20.8. The van der Waals surface area contributed by atoms with E-state index >= 15 is 0 Å². The van der Waals surface area contributed by atoms with Crippen LogP contribution in [0.5, 0.6) is 0 Å². The number of rotatable bonds is 3. The van der Waals surface area contributed by atoms with Crippen LogP contribution in [0.2, 0.25) is 0 Å². The van der Waals surface area contributed by atoms with Crippen LogP contribution in [0, 0.1) is 5.92 Å². The van der Waals surface area contributed by atoms with Crippen LogP contribution in [0.25, 0.3) is 11.0 Å². The van der Waals surface area contributed by atoms with Crippen molar-refractivity contribution in [2.75, 3.05) is 12.4 Å². The molecule has 7 nitrogen and oxygen atoms in total. The van der Waals surface area contributed by atoms with Gasteiger partial charge in [-0.2, -0.15) is 8.75 Å². The number of benzene rings is 1. The van der Waals surface area contributed by atoms with Crippen LogP contribution in [0.3, 0.4) is 0 Å². The molecule has 0 saturated heterocycles. The van der Waals surface area contributed by atoms with E-state index < -0.39 is 0 Å². The lowest BCUT2D eigenvalue weighted by Gasteiger charge is -2.20. The number of carbonyl (C=O) groups is 2. The summed E-state index contributed by atoms with van der Waals surface area (Å²) in [5, 5.41) is 8.34. The smallest absolute Gasteiger partial charge is 0.319 e. The van der Waals surface area contributed by atoms with Gasteiger partial charge in [-0.3, -0.25) is 4.79 Å². The SMILES string of the molecule is CNC(=O)C1CCCC1NC(=O)Nc1cccc2nsnc12. The lowest BCUT2D eigenvalue weighted by molar-refractivity contribution is -0.124. The van der Waals surface area contributed by atoms with Gasteiger partial charge in [0.15, 0.2) is 0 Å². The molecule has 3 amide bonds. The van der Waals surface area contributed by atoms with Gasteiger partial charge in [0.2, 0.25) is 5.91 Å². The van der Waals surface area contributed by atoms with Gasteiger partial charge >= 0.3 is 6.03 Å². The van der Waals surface area contributed by atoms with Crippen molar-refractivity contribution in [3.63, 3.8) is 0 Å². The summed E-state index contributed by atoms with van der Waals surface area (Å²) in [4.78, 5) is 24.0. The quantitative estimate of drug-likeness (QED) is 0.802. The minimum Gasteiger partial charge on any atom is -0.359 e. The predicted octanol–water partition coefficient (Wildman–Crippen LogP) is 1.73. The van der Waals surface area contributed by atoms with Crippen molar-refractivity contribution in [3.8, 4) is 0 Å². The molecule has 8 heteroatoms. The zero-order valence-corrected chi connectivity index (χ0v) is 12.9. The fourth-order valence-corrected chi connectivity index (χ4v) is 3.42. The van der Waals surface area contributed by atoms with Crippen molar-refractivity contribution in [3.05, 3.63) is 18.2 Å². The Bertz CT molecular complexity index is 701. The van der Waals surface area contributed by atoms with Gasteiger partial charge in [0.25, 0.3) is 0 Å². The van der Waals surface area contributed by atoms with Gasteiger partial charge in [-0.05, 0) is 25.0 Å². The molecule has 1 aliphatic carbocycles.